The van der Waals surface area contributed by atoms with Crippen LogP contribution in [-0.4, -0.2) is 67.2 Å². The smallest absolute Gasteiger partial charge is 0.270 e. The van der Waals surface area contributed by atoms with Crippen LogP contribution in [0.25, 0.3) is 0 Å². The molecule has 1 saturated heterocycles. The fourth-order valence-corrected chi connectivity index (χ4v) is 7.04. The van der Waals surface area contributed by atoms with Gasteiger partial charge in [-0.3, -0.25) is 4.79 Å². The van der Waals surface area contributed by atoms with Gasteiger partial charge in [-0.15, -0.1) is 0 Å². The minimum Gasteiger partial charge on any atom is -0.454 e. The van der Waals surface area contributed by atoms with Crippen molar-refractivity contribution in [3.8, 4) is 11.5 Å². The van der Waals surface area contributed by atoms with Gasteiger partial charge in [0.1, 0.15) is 16.7 Å². The van der Waals surface area contributed by atoms with Gasteiger partial charge in [0, 0.05) is 38.4 Å². The number of ether oxygens (including phenoxy) is 2. The first kappa shape index (κ1) is 28.0. The zero-order valence-corrected chi connectivity index (χ0v) is 24.0. The number of piperidine rings is 1. The monoisotopic (exact) mass is 556 g/mol. The number of amides is 1. The number of hydrogen-bond acceptors (Lipinski definition) is 7. The van der Waals surface area contributed by atoms with E-state index in [1.54, 1.807) is 0 Å². The molecule has 0 spiro atoms. The van der Waals surface area contributed by atoms with Gasteiger partial charge >= 0.3 is 0 Å². The Morgan fingerprint density at radius 3 is 2.67 bits per heavy atom. The second kappa shape index (κ2) is 11.9. The summed E-state index contributed by atoms with van der Waals surface area (Å²) in [4.78, 5) is 20.7. The molecule has 2 aromatic rings. The molecule has 10 heteroatoms. The van der Waals surface area contributed by atoms with Crippen molar-refractivity contribution in [2.75, 3.05) is 33.0 Å². The molecule has 0 saturated carbocycles. The summed E-state index contributed by atoms with van der Waals surface area (Å²) in [7, 11) is -1.27. The van der Waals surface area contributed by atoms with E-state index in [4.69, 9.17) is 14.5 Å². The topological polar surface area (TPSA) is 104 Å². The number of carbonyl (C=O) groups is 1. The Kier molecular flexibility index (Phi) is 8.56. The molecule has 4 heterocycles. The lowest BCUT2D eigenvalue weighted by atomic mass is 9.98. The lowest BCUT2D eigenvalue weighted by Crippen LogP contribution is -2.37. The Morgan fingerprint density at radius 1 is 1.15 bits per heavy atom. The average molecular weight is 557 g/mol. The lowest BCUT2D eigenvalue weighted by molar-refractivity contribution is 0.0945. The standard InChI is InChI=1S/C29H40N4O5S/c1-29(2,3)39(36)33-18-21-16-23(28(35)30-17-20-7-8-25-26(15-20)38-19-37-25)31-22(27(21)24(33)10-14-34)9-13-32-11-5-4-6-12-32/h7-8,15-16,24,34H,4-6,9-14,17-19H2,1-3H3,(H,30,35)/t24-,39-/m1/s1. The van der Waals surface area contributed by atoms with Crippen LogP contribution in [0.4, 0.5) is 0 Å². The fourth-order valence-electron chi connectivity index (χ4n) is 5.64. The van der Waals surface area contributed by atoms with Gasteiger partial charge in [0.2, 0.25) is 6.79 Å². The van der Waals surface area contributed by atoms with Crippen molar-refractivity contribution < 1.29 is 23.6 Å². The Labute approximate surface area is 233 Å². The van der Waals surface area contributed by atoms with Crippen molar-refractivity contribution >= 4 is 16.9 Å². The molecule has 0 unspecified atom stereocenters. The number of nitrogens with one attached hydrogen (secondary N) is 1. The molecule has 2 N–H and O–H groups in total. The summed E-state index contributed by atoms with van der Waals surface area (Å²) < 4.78 is 25.9. The normalized spacial score (nSPS) is 20.2. The first-order valence-electron chi connectivity index (χ1n) is 14.0. The molecule has 39 heavy (non-hydrogen) atoms. The Hall–Kier alpha value is -2.53. The molecule has 0 radical (unpaired) electrons. The van der Waals surface area contributed by atoms with Crippen molar-refractivity contribution in [3.63, 3.8) is 0 Å². The van der Waals surface area contributed by atoms with Gasteiger partial charge in [-0.2, -0.15) is 0 Å². The molecule has 0 bridgehead atoms. The third kappa shape index (κ3) is 6.29. The molecule has 3 aliphatic rings. The molecule has 1 fully saturated rings. The van der Waals surface area contributed by atoms with Crippen LogP contribution in [0.3, 0.4) is 0 Å². The van der Waals surface area contributed by atoms with E-state index in [2.05, 4.69) is 10.2 Å². The van der Waals surface area contributed by atoms with E-state index in [9.17, 15) is 14.1 Å². The number of benzene rings is 1. The van der Waals surface area contributed by atoms with E-state index >= 15 is 0 Å². The van der Waals surface area contributed by atoms with Gasteiger partial charge < -0.3 is 24.8 Å². The molecular formula is C29H40N4O5S. The van der Waals surface area contributed by atoms with Crippen molar-refractivity contribution in [1.29, 1.82) is 0 Å². The zero-order valence-electron chi connectivity index (χ0n) is 23.2. The Morgan fingerprint density at radius 2 is 1.92 bits per heavy atom. The number of aromatic nitrogens is 1. The van der Waals surface area contributed by atoms with Crippen molar-refractivity contribution in [2.45, 2.75) is 76.8 Å². The summed E-state index contributed by atoms with van der Waals surface area (Å²) >= 11 is 0. The van der Waals surface area contributed by atoms with Crippen LogP contribution >= 0.6 is 0 Å². The van der Waals surface area contributed by atoms with Gasteiger partial charge in [0.05, 0.1) is 10.8 Å². The van der Waals surface area contributed by atoms with E-state index in [0.717, 1.165) is 42.0 Å². The molecule has 3 aliphatic heterocycles. The number of hydrogen-bond donors (Lipinski definition) is 2. The Bertz CT molecular complexity index is 1220. The molecular weight excluding hydrogens is 516 g/mol. The predicted octanol–water partition coefficient (Wildman–Crippen LogP) is 3.47. The zero-order chi connectivity index (χ0) is 27.6. The van der Waals surface area contributed by atoms with Crippen LogP contribution in [0.1, 0.15) is 85.4 Å². The predicted molar refractivity (Wildman–Crippen MR) is 150 cm³/mol. The third-order valence-corrected chi connectivity index (χ3v) is 9.46. The Balaban J connectivity index is 1.41. The van der Waals surface area contributed by atoms with E-state index in [1.807, 2.05) is 49.3 Å². The van der Waals surface area contributed by atoms with Crippen LogP contribution in [0.2, 0.25) is 0 Å². The number of pyridine rings is 1. The average Bonchev–Trinajstić information content (AvgIpc) is 3.54. The number of rotatable bonds is 9. The van der Waals surface area contributed by atoms with Crippen molar-refractivity contribution in [1.82, 2.24) is 19.5 Å². The van der Waals surface area contributed by atoms with Crippen LogP contribution in [0, 0.1) is 0 Å². The number of likely N-dealkylation sites (tertiary alicyclic amines) is 1. The maximum atomic E-state index is 13.5. The molecule has 1 aromatic heterocycles. The van der Waals surface area contributed by atoms with Gasteiger partial charge in [0.15, 0.2) is 11.5 Å². The highest BCUT2D eigenvalue weighted by Gasteiger charge is 2.40. The highest BCUT2D eigenvalue weighted by molar-refractivity contribution is 7.84. The van der Waals surface area contributed by atoms with Crippen molar-refractivity contribution in [3.05, 3.63) is 52.3 Å². The van der Waals surface area contributed by atoms with E-state index in [0.29, 0.717) is 43.1 Å². The number of carbonyl (C=O) groups excluding carboxylic acids is 1. The highest BCUT2D eigenvalue weighted by atomic mass is 32.2. The summed E-state index contributed by atoms with van der Waals surface area (Å²) in [5.41, 5.74) is 4.16. The van der Waals surface area contributed by atoms with Crippen LogP contribution in [0.15, 0.2) is 24.3 Å². The molecule has 2 atom stereocenters. The maximum Gasteiger partial charge on any atom is 0.270 e. The summed E-state index contributed by atoms with van der Waals surface area (Å²) in [6.45, 7) is 9.93. The lowest BCUT2D eigenvalue weighted by Gasteiger charge is -2.30. The molecule has 212 valence electrons. The van der Waals surface area contributed by atoms with Crippen LogP contribution < -0.4 is 14.8 Å². The molecule has 5 rings (SSSR count). The minimum atomic E-state index is -1.27. The van der Waals surface area contributed by atoms with Gasteiger partial charge in [-0.25, -0.2) is 13.5 Å². The second-order valence-electron chi connectivity index (χ2n) is 11.5. The number of fused-ring (bicyclic) bond motifs is 2. The second-order valence-corrected chi connectivity index (χ2v) is 13.7. The maximum absolute atomic E-state index is 13.5. The number of aliphatic hydroxyl groups excluding tert-OH is 1. The summed E-state index contributed by atoms with van der Waals surface area (Å²) in [5.74, 6) is 1.14. The van der Waals surface area contributed by atoms with Gasteiger partial charge in [-0.05, 0) is 88.0 Å². The SMILES string of the molecule is CC(C)(C)[S@@](=O)N1Cc2cc(C(=O)NCc3ccc4c(c3)OCO4)nc(CCN3CCCCC3)c2[C@H]1CCO. The van der Waals surface area contributed by atoms with Crippen molar-refractivity contribution in [2.24, 2.45) is 0 Å². The number of nitrogens with zero attached hydrogens (tertiary/aromatic N) is 3. The first-order chi connectivity index (χ1) is 18.7. The fraction of sp³-hybridized carbons (Fsp3) is 0.586. The van der Waals surface area contributed by atoms with Gasteiger partial charge in [0.25, 0.3) is 5.91 Å². The first-order valence-corrected chi connectivity index (χ1v) is 15.1. The van der Waals surface area contributed by atoms with Crippen LogP contribution in [-0.2, 0) is 30.5 Å². The van der Waals surface area contributed by atoms with Crippen LogP contribution in [0.5, 0.6) is 11.5 Å². The summed E-state index contributed by atoms with van der Waals surface area (Å²) in [5, 5.41) is 12.9. The van der Waals surface area contributed by atoms with E-state index in [1.165, 1.54) is 19.3 Å². The quantitative estimate of drug-likeness (QED) is 0.487. The number of aliphatic hydroxyl groups is 1. The molecule has 0 aliphatic carbocycles. The summed E-state index contributed by atoms with van der Waals surface area (Å²) in [6, 6.07) is 7.29. The third-order valence-electron chi connectivity index (χ3n) is 7.61. The molecule has 1 aromatic carbocycles. The summed E-state index contributed by atoms with van der Waals surface area (Å²) in [6.07, 6.45) is 4.88. The minimum absolute atomic E-state index is 0.00865. The largest absolute Gasteiger partial charge is 0.454 e. The van der Waals surface area contributed by atoms with Gasteiger partial charge in [-0.1, -0.05) is 12.5 Å². The van der Waals surface area contributed by atoms with E-state index < -0.39 is 15.7 Å². The molecule has 9 nitrogen and oxygen atoms in total. The van der Waals surface area contributed by atoms with E-state index in [-0.39, 0.29) is 25.3 Å². The molecule has 1 amide bonds. The highest BCUT2D eigenvalue weighted by Crippen LogP contribution is 2.41.